The molecule has 77 heavy (non-hydrogen) atoms. The number of nitrogens with zero attached hydrogens (tertiary/aromatic N) is 6. The molecule has 0 radical (unpaired) electrons. The Morgan fingerprint density at radius 1 is 0.818 bits per heavy atom. The third kappa shape index (κ3) is 16.3. The van der Waals surface area contributed by atoms with Gasteiger partial charge >= 0.3 is 0 Å². The Balaban J connectivity index is 0.697. The zero-order chi connectivity index (χ0) is 54.9. The van der Waals surface area contributed by atoms with E-state index in [0.717, 1.165) is 88.0 Å². The van der Waals surface area contributed by atoms with Crippen LogP contribution in [0.2, 0.25) is 0 Å². The number of aryl methyl sites for hydroxylation is 2. The molecule has 0 aliphatic carbocycles. The van der Waals surface area contributed by atoms with Crippen molar-refractivity contribution in [1.29, 1.82) is 0 Å². The lowest BCUT2D eigenvalue weighted by Gasteiger charge is -2.35. The number of ether oxygens (including phenoxy) is 7. The van der Waals surface area contributed by atoms with E-state index in [1.54, 1.807) is 49.6 Å². The van der Waals surface area contributed by atoms with E-state index in [1.807, 2.05) is 81.9 Å². The Labute approximate surface area is 454 Å². The van der Waals surface area contributed by atoms with Crippen LogP contribution in [0.1, 0.15) is 44.0 Å². The number of hydrogen-bond donors (Lipinski definition) is 3. The predicted octanol–water partition coefficient (Wildman–Crippen LogP) is 4.06. The molecule has 3 amide bonds. The highest BCUT2D eigenvalue weighted by atomic mass is 32.1. The summed E-state index contributed by atoms with van der Waals surface area (Å²) < 4.78 is 41.6. The van der Waals surface area contributed by atoms with E-state index in [2.05, 4.69) is 30.4 Å². The van der Waals surface area contributed by atoms with Gasteiger partial charge in [0.15, 0.2) is 0 Å². The van der Waals surface area contributed by atoms with Crippen molar-refractivity contribution in [2.75, 3.05) is 120 Å². The SMILES string of the molecule is COc1cc(-c2cn(C)c(=O)c3cnccc23)cc(OC)c1CN1CCN(CCOCCOCCOCCOCCOCC(=O)NC(C(=O)N2CC(O)CC2C(=O)NCc2ccc(-c3scnc3C)cc2)C(C)(C)C)CC1. The number of β-amino-alcohol motifs (C(OH)–C–C–N with tert-alkyl or cyclic N) is 1. The molecule has 20 nitrogen and oxygen atoms in total. The van der Waals surface area contributed by atoms with E-state index < -0.39 is 35.4 Å². The second kappa shape index (κ2) is 28.7. The molecule has 5 heterocycles. The van der Waals surface area contributed by atoms with Gasteiger partial charge in [-0.05, 0) is 52.6 Å². The summed E-state index contributed by atoms with van der Waals surface area (Å²) in [7, 11) is 5.08. The maximum absolute atomic E-state index is 13.9. The van der Waals surface area contributed by atoms with Crippen LogP contribution in [0.25, 0.3) is 32.3 Å². The number of piperazine rings is 1. The molecule has 3 atom stereocenters. The van der Waals surface area contributed by atoms with Crippen LogP contribution in [-0.4, -0.2) is 190 Å². The van der Waals surface area contributed by atoms with Crippen molar-refractivity contribution in [3.63, 3.8) is 0 Å². The molecule has 0 saturated carbocycles. The third-order valence-electron chi connectivity index (χ3n) is 13.7. The molecule has 2 aromatic carbocycles. The van der Waals surface area contributed by atoms with E-state index in [-0.39, 0.29) is 50.8 Å². The third-order valence-corrected chi connectivity index (χ3v) is 14.7. The van der Waals surface area contributed by atoms with E-state index in [4.69, 9.17) is 33.2 Å². The topological polar surface area (TPSA) is 218 Å². The van der Waals surface area contributed by atoms with Gasteiger partial charge in [0.2, 0.25) is 17.7 Å². The number of carbonyl (C=O) groups excluding carboxylic acids is 3. The molecule has 2 aliphatic rings. The number of aliphatic hydroxyl groups excluding tert-OH is 1. The van der Waals surface area contributed by atoms with E-state index in [1.165, 1.54) is 4.90 Å². The number of benzene rings is 2. The number of fused-ring (bicyclic) bond motifs is 1. The zero-order valence-electron chi connectivity index (χ0n) is 45.5. The standard InChI is InChI=1S/C56H76N8O12S/c1-38-51(77-37-59-38)40-10-8-39(9-11-40)31-58-53(67)47-30-42(65)33-64(47)55(69)52(56(2,3)4)60-50(66)36-76-27-26-75-25-24-74-23-22-73-21-20-72-19-18-62-14-16-63(17-15-62)35-46-48(70-6)28-41(29-49(46)71-7)45-34-61(5)54(68)44-32-57-13-12-43(44)45/h8-13,28-29,32,34,37,42,47,52,65H,14-27,30-31,33,35-36H2,1-7H3,(H,58,67)(H,60,66). The Morgan fingerprint density at radius 2 is 1.43 bits per heavy atom. The van der Waals surface area contributed by atoms with Crippen LogP contribution in [-0.2, 0) is 58.2 Å². The van der Waals surface area contributed by atoms with Crippen LogP contribution >= 0.6 is 11.3 Å². The van der Waals surface area contributed by atoms with Crippen LogP contribution in [0.5, 0.6) is 11.5 Å². The first kappa shape index (κ1) is 58.8. The molecule has 0 spiro atoms. The maximum Gasteiger partial charge on any atom is 0.259 e. The van der Waals surface area contributed by atoms with Gasteiger partial charge in [-0.25, -0.2) is 4.98 Å². The van der Waals surface area contributed by atoms with E-state index in [0.29, 0.717) is 58.2 Å². The van der Waals surface area contributed by atoms with Crippen molar-refractivity contribution in [2.45, 2.75) is 65.4 Å². The van der Waals surface area contributed by atoms with Crippen molar-refractivity contribution in [1.82, 2.24) is 39.9 Å². The quantitative estimate of drug-likeness (QED) is 0.0602. The van der Waals surface area contributed by atoms with Crippen molar-refractivity contribution >= 4 is 39.8 Å². The fourth-order valence-corrected chi connectivity index (χ4v) is 10.3. The van der Waals surface area contributed by atoms with Gasteiger partial charge in [-0.3, -0.25) is 34.0 Å². The van der Waals surface area contributed by atoms with Crippen molar-refractivity contribution in [3.8, 4) is 33.1 Å². The Hall–Kier alpha value is -5.88. The molecule has 7 rings (SSSR count). The van der Waals surface area contributed by atoms with Gasteiger partial charge in [0, 0.05) is 90.0 Å². The molecule has 2 saturated heterocycles. The Morgan fingerprint density at radius 3 is 2.03 bits per heavy atom. The number of methoxy groups -OCH3 is 2. The second-order valence-corrected chi connectivity index (χ2v) is 21.2. The first-order chi connectivity index (χ1) is 37.1. The average Bonchev–Trinajstić information content (AvgIpc) is 4.07. The van der Waals surface area contributed by atoms with E-state index in [9.17, 15) is 24.3 Å². The van der Waals surface area contributed by atoms with Gasteiger partial charge in [-0.1, -0.05) is 45.0 Å². The molecule has 5 aromatic rings. The highest BCUT2D eigenvalue weighted by molar-refractivity contribution is 7.13. The smallest absolute Gasteiger partial charge is 0.259 e. The highest BCUT2D eigenvalue weighted by Crippen LogP contribution is 2.38. The van der Waals surface area contributed by atoms with Crippen molar-refractivity contribution < 1.29 is 52.6 Å². The lowest BCUT2D eigenvalue weighted by molar-refractivity contribution is -0.144. The summed E-state index contributed by atoms with van der Waals surface area (Å²) in [4.78, 5) is 68.9. The number of aliphatic hydroxyl groups is 1. The summed E-state index contributed by atoms with van der Waals surface area (Å²) in [6.45, 7) is 16.1. The summed E-state index contributed by atoms with van der Waals surface area (Å²) in [6, 6.07) is 11.9. The van der Waals surface area contributed by atoms with Crippen LogP contribution < -0.4 is 25.7 Å². The molecular formula is C56H76N8O12S. The lowest BCUT2D eigenvalue weighted by atomic mass is 9.85. The molecule has 3 N–H and O–H groups in total. The number of likely N-dealkylation sites (tertiary alicyclic amines) is 1. The van der Waals surface area contributed by atoms with Gasteiger partial charge in [-0.15, -0.1) is 11.3 Å². The first-order valence-corrected chi connectivity index (χ1v) is 27.1. The fraction of sp³-hybridized carbons (Fsp3) is 0.536. The zero-order valence-corrected chi connectivity index (χ0v) is 46.4. The highest BCUT2D eigenvalue weighted by Gasteiger charge is 2.44. The van der Waals surface area contributed by atoms with Crippen LogP contribution in [0.4, 0.5) is 0 Å². The largest absolute Gasteiger partial charge is 0.496 e. The van der Waals surface area contributed by atoms with Gasteiger partial charge in [0.05, 0.1) is 107 Å². The maximum atomic E-state index is 13.9. The Bertz CT molecular complexity index is 2750. The molecule has 2 aliphatic heterocycles. The summed E-state index contributed by atoms with van der Waals surface area (Å²) in [6.07, 6.45) is 4.37. The first-order valence-electron chi connectivity index (χ1n) is 26.2. The number of carbonyl (C=O) groups is 3. The van der Waals surface area contributed by atoms with Gasteiger partial charge < -0.3 is 58.4 Å². The predicted molar refractivity (Wildman–Crippen MR) is 293 cm³/mol. The van der Waals surface area contributed by atoms with Crippen LogP contribution in [0, 0.1) is 12.3 Å². The average molecular weight is 1090 g/mol. The van der Waals surface area contributed by atoms with Crippen molar-refractivity contribution in [2.24, 2.45) is 12.5 Å². The summed E-state index contributed by atoms with van der Waals surface area (Å²) in [5.41, 5.74) is 6.69. The van der Waals surface area contributed by atoms with Crippen LogP contribution in [0.15, 0.2) is 71.4 Å². The molecule has 21 heteroatoms. The Kier molecular flexibility index (Phi) is 21.9. The number of hydrogen-bond acceptors (Lipinski definition) is 17. The van der Waals surface area contributed by atoms with Gasteiger partial charge in [-0.2, -0.15) is 0 Å². The summed E-state index contributed by atoms with van der Waals surface area (Å²) >= 11 is 1.57. The van der Waals surface area contributed by atoms with Crippen LogP contribution in [0.3, 0.4) is 0 Å². The normalized spacial score (nSPS) is 16.7. The van der Waals surface area contributed by atoms with Gasteiger partial charge in [0.1, 0.15) is 30.2 Å². The van der Waals surface area contributed by atoms with E-state index >= 15 is 0 Å². The number of rotatable bonds is 28. The summed E-state index contributed by atoms with van der Waals surface area (Å²) in [5.74, 6) is 0.172. The molecule has 418 valence electrons. The van der Waals surface area contributed by atoms with Gasteiger partial charge in [0.25, 0.3) is 5.56 Å². The minimum atomic E-state index is -0.964. The molecule has 2 fully saturated rings. The second-order valence-electron chi connectivity index (χ2n) is 20.3. The molecule has 3 unspecified atom stereocenters. The minimum Gasteiger partial charge on any atom is -0.496 e. The summed E-state index contributed by atoms with van der Waals surface area (Å²) in [5, 5.41) is 17.7. The molecular weight excluding hydrogens is 1010 g/mol. The lowest BCUT2D eigenvalue weighted by Crippen LogP contribution is -2.58. The number of amides is 3. The fourth-order valence-electron chi connectivity index (χ4n) is 9.45. The number of pyridine rings is 2. The molecule has 0 bridgehead atoms. The monoisotopic (exact) mass is 1080 g/mol. The van der Waals surface area contributed by atoms with Crippen molar-refractivity contribution in [3.05, 3.63) is 93.7 Å². The number of aromatic nitrogens is 3. The molecule has 3 aromatic heterocycles. The number of thiazole rings is 1. The number of nitrogens with one attached hydrogen (secondary N) is 2. The minimum absolute atomic E-state index is 0.0158.